The predicted octanol–water partition coefficient (Wildman–Crippen LogP) is 1.74. The quantitative estimate of drug-likeness (QED) is 0.467. The van der Waals surface area contributed by atoms with Gasteiger partial charge in [0, 0.05) is 46.0 Å². The average Bonchev–Trinajstić information content (AvgIpc) is 2.42. The average molecular weight is 281 g/mol. The second-order valence-electron chi connectivity index (χ2n) is 4.46. The maximum atomic E-state index is 11.9. The summed E-state index contributed by atoms with van der Waals surface area (Å²) in [5.41, 5.74) is 0.714. The molecule has 20 heavy (non-hydrogen) atoms. The third-order valence-corrected chi connectivity index (χ3v) is 2.69. The van der Waals surface area contributed by atoms with E-state index in [0.29, 0.717) is 24.4 Å². The largest absolute Gasteiger partial charge is 0.385 e. The smallest absolute Gasteiger partial charge is 0.292 e. The highest BCUT2D eigenvalue weighted by Gasteiger charge is 2.17. The van der Waals surface area contributed by atoms with E-state index in [1.165, 1.54) is 23.1 Å². The van der Waals surface area contributed by atoms with Crippen LogP contribution in [0, 0.1) is 10.1 Å². The standard InChI is InChI=1S/C13H19N3O4/c1-15(2)13(17)10-5-6-12(16(18)19)11(9-10)14-7-4-8-20-3/h5-6,9,14H,4,7-8H2,1-3H3. The van der Waals surface area contributed by atoms with E-state index < -0.39 is 4.92 Å². The third-order valence-electron chi connectivity index (χ3n) is 2.69. The molecule has 0 unspecified atom stereocenters. The number of nitrogens with zero attached hydrogens (tertiary/aromatic N) is 2. The van der Waals surface area contributed by atoms with Crippen LogP contribution in [0.3, 0.4) is 0 Å². The Hall–Kier alpha value is -2.15. The van der Waals surface area contributed by atoms with Crippen molar-refractivity contribution in [1.82, 2.24) is 4.90 Å². The van der Waals surface area contributed by atoms with Crippen LogP contribution in [0.2, 0.25) is 0 Å². The van der Waals surface area contributed by atoms with Crippen molar-refractivity contribution in [2.45, 2.75) is 6.42 Å². The summed E-state index contributed by atoms with van der Waals surface area (Å²) >= 11 is 0. The molecule has 0 saturated carbocycles. The second-order valence-corrected chi connectivity index (χ2v) is 4.46. The monoisotopic (exact) mass is 281 g/mol. The highest BCUT2D eigenvalue weighted by molar-refractivity contribution is 5.95. The van der Waals surface area contributed by atoms with Crippen molar-refractivity contribution in [3.05, 3.63) is 33.9 Å². The molecule has 0 saturated heterocycles. The molecule has 1 aromatic carbocycles. The topological polar surface area (TPSA) is 84.7 Å². The van der Waals surface area contributed by atoms with Crippen LogP contribution in [-0.4, -0.2) is 50.1 Å². The number of nitro groups is 1. The molecule has 110 valence electrons. The van der Waals surface area contributed by atoms with Gasteiger partial charge in [-0.2, -0.15) is 0 Å². The van der Waals surface area contributed by atoms with Crippen molar-refractivity contribution in [3.8, 4) is 0 Å². The predicted molar refractivity (Wildman–Crippen MR) is 76.1 cm³/mol. The van der Waals surface area contributed by atoms with Gasteiger partial charge in [-0.15, -0.1) is 0 Å². The maximum absolute atomic E-state index is 11.9. The molecule has 0 spiro atoms. The molecule has 0 atom stereocenters. The van der Waals surface area contributed by atoms with Crippen LogP contribution in [0.25, 0.3) is 0 Å². The minimum absolute atomic E-state index is 0.0438. The van der Waals surface area contributed by atoms with Crippen molar-refractivity contribution in [3.63, 3.8) is 0 Å². The number of hydrogen-bond acceptors (Lipinski definition) is 5. The molecular weight excluding hydrogens is 262 g/mol. The first-order valence-electron chi connectivity index (χ1n) is 6.20. The zero-order valence-corrected chi connectivity index (χ0v) is 11.9. The highest BCUT2D eigenvalue weighted by atomic mass is 16.6. The fourth-order valence-corrected chi connectivity index (χ4v) is 1.67. The van der Waals surface area contributed by atoms with E-state index in [0.717, 1.165) is 6.42 Å². The van der Waals surface area contributed by atoms with Crippen LogP contribution in [0.4, 0.5) is 11.4 Å². The minimum Gasteiger partial charge on any atom is -0.385 e. The molecule has 0 fully saturated rings. The Labute approximate surface area is 117 Å². The highest BCUT2D eigenvalue weighted by Crippen LogP contribution is 2.25. The first-order valence-corrected chi connectivity index (χ1v) is 6.20. The molecule has 0 bridgehead atoms. The number of rotatable bonds is 7. The number of carbonyl (C=O) groups excluding carboxylic acids is 1. The van der Waals surface area contributed by atoms with E-state index in [1.807, 2.05) is 0 Å². The van der Waals surface area contributed by atoms with E-state index in [9.17, 15) is 14.9 Å². The molecule has 1 amide bonds. The number of methoxy groups -OCH3 is 1. The molecule has 7 heteroatoms. The number of benzene rings is 1. The number of amides is 1. The van der Waals surface area contributed by atoms with Gasteiger partial charge in [-0.3, -0.25) is 14.9 Å². The molecule has 7 nitrogen and oxygen atoms in total. The maximum Gasteiger partial charge on any atom is 0.292 e. The molecule has 0 aromatic heterocycles. The number of nitro benzene ring substituents is 1. The molecule has 1 aromatic rings. The zero-order valence-electron chi connectivity index (χ0n) is 11.9. The van der Waals surface area contributed by atoms with Crippen molar-refractivity contribution in [2.24, 2.45) is 0 Å². The fourth-order valence-electron chi connectivity index (χ4n) is 1.67. The number of carbonyl (C=O) groups is 1. The summed E-state index contributed by atoms with van der Waals surface area (Å²) in [5, 5.41) is 13.9. The third kappa shape index (κ3) is 4.20. The van der Waals surface area contributed by atoms with Crippen LogP contribution in [0.1, 0.15) is 16.8 Å². The fraction of sp³-hybridized carbons (Fsp3) is 0.462. The molecule has 0 radical (unpaired) electrons. The lowest BCUT2D eigenvalue weighted by Crippen LogP contribution is -2.21. The minimum atomic E-state index is -0.470. The summed E-state index contributed by atoms with van der Waals surface area (Å²) in [4.78, 5) is 23.8. The summed E-state index contributed by atoms with van der Waals surface area (Å²) in [7, 11) is 4.86. The van der Waals surface area contributed by atoms with E-state index in [2.05, 4.69) is 5.32 Å². The number of nitrogens with one attached hydrogen (secondary N) is 1. The summed E-state index contributed by atoms with van der Waals surface area (Å²) in [6, 6.07) is 4.31. The number of ether oxygens (including phenoxy) is 1. The summed E-state index contributed by atoms with van der Waals surface area (Å²) < 4.78 is 4.92. The molecule has 1 rings (SSSR count). The lowest BCUT2D eigenvalue weighted by Gasteiger charge is -2.12. The van der Waals surface area contributed by atoms with Crippen LogP contribution < -0.4 is 5.32 Å². The van der Waals surface area contributed by atoms with E-state index in [-0.39, 0.29) is 11.6 Å². The zero-order chi connectivity index (χ0) is 15.1. The van der Waals surface area contributed by atoms with Crippen LogP contribution >= 0.6 is 0 Å². The first-order chi connectivity index (χ1) is 9.47. The SMILES string of the molecule is COCCCNc1cc(C(=O)N(C)C)ccc1[N+](=O)[O-]. The van der Waals surface area contributed by atoms with Gasteiger partial charge in [0.05, 0.1) is 4.92 Å². The summed E-state index contributed by atoms with van der Waals surface area (Å²) in [6.45, 7) is 1.10. The summed E-state index contributed by atoms with van der Waals surface area (Å²) in [5.74, 6) is -0.195. The van der Waals surface area contributed by atoms with Crippen molar-refractivity contribution >= 4 is 17.3 Å². The molecular formula is C13H19N3O4. The Morgan fingerprint density at radius 1 is 1.45 bits per heavy atom. The number of anilines is 1. The van der Waals surface area contributed by atoms with E-state index in [1.54, 1.807) is 21.2 Å². The van der Waals surface area contributed by atoms with Crippen LogP contribution in [-0.2, 0) is 4.74 Å². The van der Waals surface area contributed by atoms with Crippen molar-refractivity contribution in [1.29, 1.82) is 0 Å². The molecule has 0 heterocycles. The number of hydrogen-bond donors (Lipinski definition) is 1. The molecule has 1 N–H and O–H groups in total. The first kappa shape index (κ1) is 15.9. The Bertz CT molecular complexity index is 489. The molecule has 0 aliphatic carbocycles. The lowest BCUT2D eigenvalue weighted by molar-refractivity contribution is -0.384. The normalized spacial score (nSPS) is 10.2. The van der Waals surface area contributed by atoms with E-state index >= 15 is 0 Å². The van der Waals surface area contributed by atoms with Gasteiger partial charge in [0.1, 0.15) is 5.69 Å². The van der Waals surface area contributed by atoms with Gasteiger partial charge >= 0.3 is 0 Å². The Morgan fingerprint density at radius 3 is 2.70 bits per heavy atom. The van der Waals surface area contributed by atoms with Gasteiger partial charge < -0.3 is 15.0 Å². The van der Waals surface area contributed by atoms with Gasteiger partial charge in [0.25, 0.3) is 11.6 Å². The second kappa shape index (κ2) is 7.44. The summed E-state index contributed by atoms with van der Waals surface area (Å²) in [6.07, 6.45) is 0.722. The molecule has 0 aliphatic rings. The van der Waals surface area contributed by atoms with E-state index in [4.69, 9.17) is 4.74 Å². The van der Waals surface area contributed by atoms with Crippen molar-refractivity contribution in [2.75, 3.05) is 39.7 Å². The van der Waals surface area contributed by atoms with Crippen molar-refractivity contribution < 1.29 is 14.5 Å². The van der Waals surface area contributed by atoms with Gasteiger partial charge in [-0.25, -0.2) is 0 Å². The Morgan fingerprint density at radius 2 is 2.15 bits per heavy atom. The Balaban J connectivity index is 2.94. The van der Waals surface area contributed by atoms with Gasteiger partial charge in [0.2, 0.25) is 0 Å². The van der Waals surface area contributed by atoms with Gasteiger partial charge in [-0.1, -0.05) is 0 Å². The Kier molecular flexibility index (Phi) is 5.92. The van der Waals surface area contributed by atoms with Crippen LogP contribution in [0.5, 0.6) is 0 Å². The van der Waals surface area contributed by atoms with Gasteiger partial charge in [0.15, 0.2) is 0 Å². The molecule has 0 aliphatic heterocycles. The van der Waals surface area contributed by atoms with Gasteiger partial charge in [-0.05, 0) is 18.6 Å². The van der Waals surface area contributed by atoms with Crippen LogP contribution in [0.15, 0.2) is 18.2 Å². The lowest BCUT2D eigenvalue weighted by atomic mass is 10.1.